The fourth-order valence-corrected chi connectivity index (χ4v) is 1.97. The summed E-state index contributed by atoms with van der Waals surface area (Å²) in [6.07, 6.45) is 1.26. The zero-order valence-corrected chi connectivity index (χ0v) is 13.6. The first-order chi connectivity index (χ1) is 8.20. The van der Waals surface area contributed by atoms with E-state index in [1.807, 2.05) is 13.1 Å². The van der Waals surface area contributed by atoms with Gasteiger partial charge in [-0.3, -0.25) is 4.99 Å². The summed E-state index contributed by atoms with van der Waals surface area (Å²) in [7, 11) is 3.92. The fourth-order valence-electron chi connectivity index (χ4n) is 1.97. The molecule has 2 unspecified atom stereocenters. The molecular formula is C14H22IN3. The van der Waals surface area contributed by atoms with Gasteiger partial charge in [-0.15, -0.1) is 24.0 Å². The molecule has 100 valence electrons. The summed E-state index contributed by atoms with van der Waals surface area (Å²) in [5, 5.41) is 3.49. The summed E-state index contributed by atoms with van der Waals surface area (Å²) in [4.78, 5) is 6.50. The van der Waals surface area contributed by atoms with Crippen LogP contribution in [0.2, 0.25) is 0 Å². The molecule has 1 fully saturated rings. The molecule has 1 aliphatic carbocycles. The van der Waals surface area contributed by atoms with E-state index in [4.69, 9.17) is 0 Å². The Balaban J connectivity index is 0.00000162. The van der Waals surface area contributed by atoms with Crippen molar-refractivity contribution in [3.8, 4) is 0 Å². The number of halogens is 1. The normalized spacial score (nSPS) is 22.1. The molecule has 1 aromatic carbocycles. The third-order valence-corrected chi connectivity index (χ3v) is 3.26. The molecule has 0 aromatic heterocycles. The van der Waals surface area contributed by atoms with Gasteiger partial charge in [-0.05, 0) is 17.9 Å². The van der Waals surface area contributed by atoms with Crippen molar-refractivity contribution in [3.63, 3.8) is 0 Å². The molecule has 1 saturated carbocycles. The minimum absolute atomic E-state index is 0. The number of nitrogens with one attached hydrogen (secondary N) is 1. The molecule has 0 amide bonds. The maximum Gasteiger partial charge on any atom is 0.193 e. The predicted molar refractivity (Wildman–Crippen MR) is 87.4 cm³/mol. The van der Waals surface area contributed by atoms with E-state index in [2.05, 4.69) is 53.4 Å². The first kappa shape index (κ1) is 15.3. The molecule has 0 saturated heterocycles. The standard InChI is InChI=1S/C14H21N3.HI/c1-11-9-13(11)16-14(15-2)17(3)10-12-7-5-4-6-8-12;/h4-8,11,13H,9-10H2,1-3H3,(H,15,16);1H. The zero-order chi connectivity index (χ0) is 12.3. The Morgan fingerprint density at radius 3 is 2.50 bits per heavy atom. The number of nitrogens with zero attached hydrogens (tertiary/aromatic N) is 2. The van der Waals surface area contributed by atoms with Crippen LogP contribution in [0.25, 0.3) is 0 Å². The highest BCUT2D eigenvalue weighted by molar-refractivity contribution is 14.0. The lowest BCUT2D eigenvalue weighted by molar-refractivity contribution is 0.474. The lowest BCUT2D eigenvalue weighted by Gasteiger charge is -2.22. The summed E-state index contributed by atoms with van der Waals surface area (Å²) in [5.41, 5.74) is 1.31. The SMILES string of the molecule is CN=C(NC1CC1C)N(C)Cc1ccccc1.I. The van der Waals surface area contributed by atoms with Crippen molar-refractivity contribution in [2.75, 3.05) is 14.1 Å². The van der Waals surface area contributed by atoms with E-state index in [0.717, 1.165) is 18.4 Å². The molecule has 1 aliphatic rings. The van der Waals surface area contributed by atoms with Gasteiger partial charge in [0.25, 0.3) is 0 Å². The number of hydrogen-bond donors (Lipinski definition) is 1. The van der Waals surface area contributed by atoms with E-state index in [1.54, 1.807) is 0 Å². The minimum atomic E-state index is 0. The van der Waals surface area contributed by atoms with Crippen LogP contribution in [0, 0.1) is 5.92 Å². The largest absolute Gasteiger partial charge is 0.353 e. The van der Waals surface area contributed by atoms with E-state index >= 15 is 0 Å². The minimum Gasteiger partial charge on any atom is -0.353 e. The Kier molecular flexibility index (Phi) is 5.91. The van der Waals surface area contributed by atoms with Crippen molar-refractivity contribution < 1.29 is 0 Å². The molecule has 0 heterocycles. The van der Waals surface area contributed by atoms with E-state index in [9.17, 15) is 0 Å². The number of rotatable bonds is 3. The van der Waals surface area contributed by atoms with Crippen LogP contribution < -0.4 is 5.32 Å². The van der Waals surface area contributed by atoms with E-state index < -0.39 is 0 Å². The van der Waals surface area contributed by atoms with Gasteiger partial charge in [-0.25, -0.2) is 0 Å². The predicted octanol–water partition coefficient (Wildman–Crippen LogP) is 2.72. The quantitative estimate of drug-likeness (QED) is 0.511. The Hall–Kier alpha value is -0.780. The third kappa shape index (κ3) is 4.15. The number of hydrogen-bond acceptors (Lipinski definition) is 1. The van der Waals surface area contributed by atoms with Gasteiger partial charge in [0.05, 0.1) is 0 Å². The maximum absolute atomic E-state index is 4.33. The Morgan fingerprint density at radius 1 is 1.39 bits per heavy atom. The number of benzene rings is 1. The van der Waals surface area contributed by atoms with Crippen LogP contribution in [-0.4, -0.2) is 31.0 Å². The van der Waals surface area contributed by atoms with Crippen LogP contribution in [0.4, 0.5) is 0 Å². The van der Waals surface area contributed by atoms with Crippen molar-refractivity contribution in [2.45, 2.75) is 25.9 Å². The van der Waals surface area contributed by atoms with Crippen molar-refractivity contribution in [1.29, 1.82) is 0 Å². The van der Waals surface area contributed by atoms with Crippen LogP contribution in [0.3, 0.4) is 0 Å². The van der Waals surface area contributed by atoms with E-state index in [1.165, 1.54) is 12.0 Å². The molecule has 18 heavy (non-hydrogen) atoms. The molecule has 4 heteroatoms. The van der Waals surface area contributed by atoms with Gasteiger partial charge >= 0.3 is 0 Å². The second-order valence-corrected chi connectivity index (χ2v) is 4.85. The van der Waals surface area contributed by atoms with Crippen LogP contribution >= 0.6 is 24.0 Å². The Bertz CT molecular complexity index is 391. The van der Waals surface area contributed by atoms with Crippen LogP contribution in [0.1, 0.15) is 18.9 Å². The van der Waals surface area contributed by atoms with Crippen LogP contribution in [-0.2, 0) is 6.54 Å². The summed E-state index contributed by atoms with van der Waals surface area (Å²) in [5.74, 6) is 1.78. The van der Waals surface area contributed by atoms with E-state index in [-0.39, 0.29) is 24.0 Å². The fraction of sp³-hybridized carbons (Fsp3) is 0.500. The lowest BCUT2D eigenvalue weighted by atomic mass is 10.2. The Morgan fingerprint density at radius 2 is 2.00 bits per heavy atom. The molecule has 2 atom stereocenters. The van der Waals surface area contributed by atoms with Gasteiger partial charge < -0.3 is 10.2 Å². The summed E-state index contributed by atoms with van der Waals surface area (Å²) >= 11 is 0. The number of guanidine groups is 1. The second kappa shape index (κ2) is 6.97. The summed E-state index contributed by atoms with van der Waals surface area (Å²) in [6, 6.07) is 11.1. The van der Waals surface area contributed by atoms with Gasteiger partial charge in [0, 0.05) is 26.7 Å². The Labute approximate surface area is 127 Å². The molecule has 0 spiro atoms. The lowest BCUT2D eigenvalue weighted by Crippen LogP contribution is -2.40. The first-order valence-corrected chi connectivity index (χ1v) is 6.19. The monoisotopic (exact) mass is 359 g/mol. The summed E-state index contributed by atoms with van der Waals surface area (Å²) in [6.45, 7) is 3.16. The second-order valence-electron chi connectivity index (χ2n) is 4.85. The number of aliphatic imine (C=N–C) groups is 1. The topological polar surface area (TPSA) is 27.6 Å². The molecule has 0 radical (unpaired) electrons. The van der Waals surface area contributed by atoms with Crippen molar-refractivity contribution in [2.24, 2.45) is 10.9 Å². The highest BCUT2D eigenvalue weighted by Crippen LogP contribution is 2.29. The first-order valence-electron chi connectivity index (χ1n) is 6.19. The molecule has 1 aromatic rings. The molecule has 2 rings (SSSR count). The van der Waals surface area contributed by atoms with Gasteiger partial charge in [0.1, 0.15) is 0 Å². The highest BCUT2D eigenvalue weighted by atomic mass is 127. The third-order valence-electron chi connectivity index (χ3n) is 3.26. The van der Waals surface area contributed by atoms with E-state index in [0.29, 0.717) is 6.04 Å². The van der Waals surface area contributed by atoms with Crippen molar-refractivity contribution in [1.82, 2.24) is 10.2 Å². The van der Waals surface area contributed by atoms with Crippen molar-refractivity contribution in [3.05, 3.63) is 35.9 Å². The van der Waals surface area contributed by atoms with Crippen LogP contribution in [0.5, 0.6) is 0 Å². The smallest absolute Gasteiger partial charge is 0.193 e. The van der Waals surface area contributed by atoms with Crippen molar-refractivity contribution >= 4 is 29.9 Å². The molecular weight excluding hydrogens is 337 g/mol. The maximum atomic E-state index is 4.33. The van der Waals surface area contributed by atoms with Gasteiger partial charge in [0.15, 0.2) is 5.96 Å². The zero-order valence-electron chi connectivity index (χ0n) is 11.3. The average molecular weight is 359 g/mol. The molecule has 1 N–H and O–H groups in total. The van der Waals surface area contributed by atoms with Gasteiger partial charge in [0.2, 0.25) is 0 Å². The van der Waals surface area contributed by atoms with Gasteiger partial charge in [-0.2, -0.15) is 0 Å². The molecule has 0 aliphatic heterocycles. The average Bonchev–Trinajstić information content (AvgIpc) is 3.03. The summed E-state index contributed by atoms with van der Waals surface area (Å²) < 4.78 is 0. The highest BCUT2D eigenvalue weighted by Gasteiger charge is 2.33. The molecule has 3 nitrogen and oxygen atoms in total. The molecule has 0 bridgehead atoms. The van der Waals surface area contributed by atoms with Crippen LogP contribution in [0.15, 0.2) is 35.3 Å². The van der Waals surface area contributed by atoms with Gasteiger partial charge in [-0.1, -0.05) is 37.3 Å².